The maximum atomic E-state index is 12.9. The molecule has 0 aromatic carbocycles. The zero-order valence-corrected chi connectivity index (χ0v) is 12.0. The van der Waals surface area contributed by atoms with Crippen molar-refractivity contribution in [1.82, 2.24) is 14.8 Å². The molecule has 0 fully saturated rings. The summed E-state index contributed by atoms with van der Waals surface area (Å²) in [5.74, 6) is -1.20. The lowest BCUT2D eigenvalue weighted by atomic mass is 10.1. The number of amides is 1. The monoisotopic (exact) mass is 335 g/mol. The molecule has 0 spiro atoms. The van der Waals surface area contributed by atoms with Crippen LogP contribution >= 0.6 is 0 Å². The highest BCUT2D eigenvalue weighted by molar-refractivity contribution is 5.80. The molecule has 2 rings (SSSR count). The van der Waals surface area contributed by atoms with E-state index >= 15 is 0 Å². The molecule has 1 N–H and O–H groups in total. The van der Waals surface area contributed by atoms with E-state index in [2.05, 4.69) is 10.2 Å². The zero-order chi connectivity index (χ0) is 17.6. The first-order valence-corrected chi connectivity index (χ1v) is 6.32. The highest BCUT2D eigenvalue weighted by Crippen LogP contribution is 2.38. The summed E-state index contributed by atoms with van der Waals surface area (Å²) in [5.41, 5.74) is -3.71. The van der Waals surface area contributed by atoms with Gasteiger partial charge in [-0.1, -0.05) is 0 Å². The van der Waals surface area contributed by atoms with Crippen LogP contribution in [0.3, 0.4) is 0 Å². The van der Waals surface area contributed by atoms with E-state index in [1.54, 1.807) is 0 Å². The number of halogens is 3. The molecule has 9 nitrogen and oxygen atoms in total. The van der Waals surface area contributed by atoms with Crippen LogP contribution in [-0.2, 0) is 11.3 Å². The minimum atomic E-state index is -5.10. The van der Waals surface area contributed by atoms with E-state index in [0.717, 1.165) is 10.9 Å². The van der Waals surface area contributed by atoms with Gasteiger partial charge in [0.2, 0.25) is 0 Å². The average molecular weight is 335 g/mol. The second-order valence-electron chi connectivity index (χ2n) is 4.96. The molecule has 0 bridgehead atoms. The summed E-state index contributed by atoms with van der Waals surface area (Å²) in [7, 11) is 0. The van der Waals surface area contributed by atoms with Gasteiger partial charge in [-0.05, 0) is 13.8 Å². The van der Waals surface area contributed by atoms with Gasteiger partial charge in [0.15, 0.2) is 0 Å². The largest absolute Gasteiger partial charge is 0.438 e. The van der Waals surface area contributed by atoms with Gasteiger partial charge in [-0.15, -0.1) is 0 Å². The predicted octanol–water partition coefficient (Wildman–Crippen LogP) is 0.877. The minimum absolute atomic E-state index is 0.0135. The Kier molecular flexibility index (Phi) is 3.88. The third kappa shape index (κ3) is 2.65. The molecule has 1 aliphatic heterocycles. The van der Waals surface area contributed by atoms with E-state index in [4.69, 9.17) is 0 Å². The Bertz CT molecular complexity index is 699. The van der Waals surface area contributed by atoms with Crippen LogP contribution in [0.1, 0.15) is 17.8 Å². The molecular weight excluding hydrogens is 323 g/mol. The number of aromatic nitrogens is 2. The summed E-state index contributed by atoms with van der Waals surface area (Å²) in [6.45, 7) is 1.93. The molecule has 0 saturated carbocycles. The van der Waals surface area contributed by atoms with Gasteiger partial charge in [-0.25, -0.2) is 0 Å². The number of carbonyl (C=O) groups excluding carboxylic acids is 1. The molecule has 0 aliphatic carbocycles. The first-order chi connectivity index (χ1) is 10.5. The molecular formula is C11H12F3N5O4. The van der Waals surface area contributed by atoms with E-state index in [1.807, 2.05) is 0 Å². The van der Waals surface area contributed by atoms with Gasteiger partial charge in [0, 0.05) is 12.6 Å². The van der Waals surface area contributed by atoms with Crippen LogP contribution < -0.4 is 0 Å². The molecule has 1 aliphatic rings. The van der Waals surface area contributed by atoms with Gasteiger partial charge < -0.3 is 5.11 Å². The number of hydrogen-bond acceptors (Lipinski definition) is 6. The quantitative estimate of drug-likeness (QED) is 0.650. The summed E-state index contributed by atoms with van der Waals surface area (Å²) in [4.78, 5) is 22.2. The maximum absolute atomic E-state index is 12.9. The SMILES string of the molecule is Cc1nn(CC(=O)N2N=CCC2(O)C(F)(F)F)c(C)c1[N+](=O)[O-]. The summed E-state index contributed by atoms with van der Waals surface area (Å²) >= 11 is 0. The molecule has 1 aromatic heterocycles. The number of alkyl halides is 3. The second-order valence-corrected chi connectivity index (χ2v) is 4.96. The maximum Gasteiger partial charge on any atom is 0.438 e. The van der Waals surface area contributed by atoms with Crippen molar-refractivity contribution in [2.24, 2.45) is 5.10 Å². The van der Waals surface area contributed by atoms with Crippen LogP contribution in [0.4, 0.5) is 18.9 Å². The fraction of sp³-hybridized carbons (Fsp3) is 0.545. The van der Waals surface area contributed by atoms with Crippen molar-refractivity contribution >= 4 is 17.8 Å². The Morgan fingerprint density at radius 1 is 1.52 bits per heavy atom. The number of aliphatic hydroxyl groups is 1. The normalized spacial score (nSPS) is 21.0. The minimum Gasteiger partial charge on any atom is -0.362 e. The molecule has 126 valence electrons. The summed E-state index contributed by atoms with van der Waals surface area (Å²) in [6.07, 6.45) is -5.21. The Hall–Kier alpha value is -2.50. The smallest absolute Gasteiger partial charge is 0.362 e. The number of nitro groups is 1. The van der Waals surface area contributed by atoms with Crippen LogP contribution in [0.25, 0.3) is 0 Å². The van der Waals surface area contributed by atoms with E-state index in [1.165, 1.54) is 13.8 Å². The molecule has 12 heteroatoms. The van der Waals surface area contributed by atoms with Gasteiger partial charge in [-0.3, -0.25) is 19.6 Å². The standard InChI is InChI=1S/C11H12F3N5O4/c1-6-9(19(22)23)7(2)17(16-6)5-8(20)18-10(21,3-4-15-18)11(12,13)14/h4,21H,3,5H2,1-2H3. The topological polar surface area (TPSA) is 114 Å². The van der Waals surface area contributed by atoms with E-state index in [-0.39, 0.29) is 22.1 Å². The molecule has 1 aromatic rings. The van der Waals surface area contributed by atoms with Crippen molar-refractivity contribution in [3.05, 3.63) is 21.5 Å². The van der Waals surface area contributed by atoms with E-state index in [0.29, 0.717) is 0 Å². The molecule has 23 heavy (non-hydrogen) atoms. The number of carbonyl (C=O) groups is 1. The van der Waals surface area contributed by atoms with Crippen molar-refractivity contribution in [3.63, 3.8) is 0 Å². The molecule has 1 amide bonds. The van der Waals surface area contributed by atoms with E-state index < -0.39 is 35.7 Å². The average Bonchev–Trinajstić information content (AvgIpc) is 2.91. The molecule has 2 heterocycles. The summed E-state index contributed by atoms with van der Waals surface area (Å²) < 4.78 is 39.6. The van der Waals surface area contributed by atoms with Crippen LogP contribution in [0.2, 0.25) is 0 Å². The first kappa shape index (κ1) is 16.9. The lowest BCUT2D eigenvalue weighted by Crippen LogP contribution is -2.57. The molecule has 0 radical (unpaired) electrons. The van der Waals surface area contributed by atoms with Gasteiger partial charge >= 0.3 is 11.9 Å². The van der Waals surface area contributed by atoms with Crippen molar-refractivity contribution < 1.29 is 28.0 Å². The van der Waals surface area contributed by atoms with Crippen molar-refractivity contribution in [2.75, 3.05) is 0 Å². The summed E-state index contributed by atoms with van der Waals surface area (Å²) in [5, 5.41) is 27.5. The molecule has 1 atom stereocenters. The second kappa shape index (κ2) is 5.30. The van der Waals surface area contributed by atoms with Crippen LogP contribution in [0, 0.1) is 24.0 Å². The van der Waals surface area contributed by atoms with Gasteiger partial charge in [0.25, 0.3) is 11.6 Å². The van der Waals surface area contributed by atoms with Crippen molar-refractivity contribution in [2.45, 2.75) is 38.7 Å². The Morgan fingerprint density at radius 3 is 2.61 bits per heavy atom. The van der Waals surface area contributed by atoms with Crippen LogP contribution in [-0.4, -0.2) is 48.8 Å². The molecule has 1 unspecified atom stereocenters. The lowest BCUT2D eigenvalue weighted by molar-refractivity contribution is -0.386. The number of hydrogen-bond donors (Lipinski definition) is 1. The third-order valence-corrected chi connectivity index (χ3v) is 3.42. The Balaban J connectivity index is 2.28. The highest BCUT2D eigenvalue weighted by atomic mass is 19.4. The highest BCUT2D eigenvalue weighted by Gasteiger charge is 2.61. The van der Waals surface area contributed by atoms with Crippen molar-refractivity contribution in [3.8, 4) is 0 Å². The van der Waals surface area contributed by atoms with Gasteiger partial charge in [0.05, 0.1) is 4.92 Å². The number of nitrogens with zero attached hydrogens (tertiary/aromatic N) is 5. The van der Waals surface area contributed by atoms with E-state index in [9.17, 15) is 33.2 Å². The van der Waals surface area contributed by atoms with Crippen LogP contribution in [0.5, 0.6) is 0 Å². The van der Waals surface area contributed by atoms with Crippen molar-refractivity contribution in [1.29, 1.82) is 0 Å². The molecule has 0 saturated heterocycles. The van der Waals surface area contributed by atoms with Crippen LogP contribution in [0.15, 0.2) is 5.10 Å². The first-order valence-electron chi connectivity index (χ1n) is 6.32. The lowest BCUT2D eigenvalue weighted by Gasteiger charge is -2.32. The third-order valence-electron chi connectivity index (χ3n) is 3.42. The number of rotatable bonds is 3. The fourth-order valence-corrected chi connectivity index (χ4v) is 2.24. The predicted molar refractivity (Wildman–Crippen MR) is 69.3 cm³/mol. The summed E-state index contributed by atoms with van der Waals surface area (Å²) in [6, 6.07) is 0. The Labute approximate surface area is 127 Å². The number of aryl methyl sites for hydroxylation is 1. The van der Waals surface area contributed by atoms with Gasteiger partial charge in [-0.2, -0.15) is 28.4 Å². The zero-order valence-electron chi connectivity index (χ0n) is 12.0. The van der Waals surface area contributed by atoms with Gasteiger partial charge in [0.1, 0.15) is 17.9 Å². The Morgan fingerprint density at radius 2 is 2.13 bits per heavy atom. The fourth-order valence-electron chi connectivity index (χ4n) is 2.24. The number of hydrazone groups is 1.